The van der Waals surface area contributed by atoms with Gasteiger partial charge in [-0.15, -0.1) is 19.7 Å². The second-order valence-electron chi connectivity index (χ2n) is 38.7. The fourth-order valence-corrected chi connectivity index (χ4v) is 24.0. The van der Waals surface area contributed by atoms with Crippen molar-refractivity contribution in [2.75, 3.05) is 113 Å². The standard InChI is InChI=1S/C28H30N2O2S.C22H30N2O4S.C22H26N2O4S.C22H26N2O2.C19H21F3N2O2S/c1-3-16-30-26(31)24-25(29-27(30)33-19-20-10-9-12-22(17-20)32-2)23-13-6-5-11-21(23)18-28(24)14-7-4-8-15-28;1-22(2)15-16-7-5-6-8-17(16)19-18(22)20(28-12-11-27-10-9-25-3)24-21(23-19)29-14-13-26-4;1-6-9-24-19(25)17-18(23-21(24)29-11-10-27-4)16-8-7-14(20(26)28-5)12-15(16)13-22(17,2)3;1-3-14-24-20(25)18-19(23-21(24)26-4-2)17-11-7-6-10-16(17)15-22(18)12-8-5-9-13-22;1-5-27-17-23-15-13-8-12(25-4)7-6-11(13)9-18(2,3)14(15)16(24-17)26-10-19(20,21)22/h3,5-6,9-13,17H,1,4,7-8,14-16,18-19H2,2H3;5-8H,9-15H2,1-4H3;6-8,12H,1,9-11,13H2,2-5H3;3,6-7,10-11H,1,4-5,8-9,12-15H2,2H3;6-8H,5,9-10H2,1-4H3. The summed E-state index contributed by atoms with van der Waals surface area (Å²) in [6.45, 7) is 31.5. The van der Waals surface area contributed by atoms with Gasteiger partial charge in [0.2, 0.25) is 11.8 Å². The summed E-state index contributed by atoms with van der Waals surface area (Å²) in [6, 6.07) is 45.0. The molecule has 0 aliphatic heterocycles. The zero-order chi connectivity index (χ0) is 103. The van der Waals surface area contributed by atoms with Crippen LogP contribution in [-0.4, -0.2) is 174 Å². The van der Waals surface area contributed by atoms with Crippen molar-refractivity contribution >= 4 is 53.0 Å². The van der Waals surface area contributed by atoms with E-state index in [-0.39, 0.29) is 44.8 Å². The maximum atomic E-state index is 14.1. The van der Waals surface area contributed by atoms with E-state index in [1.54, 1.807) is 92.5 Å². The number of carbonyl (C=O) groups is 1. The maximum Gasteiger partial charge on any atom is 0.422 e. The van der Waals surface area contributed by atoms with Gasteiger partial charge in [0.1, 0.15) is 18.1 Å². The Morgan fingerprint density at radius 1 is 0.424 bits per heavy atom. The van der Waals surface area contributed by atoms with Crippen LogP contribution in [0.5, 0.6) is 29.3 Å². The maximum absolute atomic E-state index is 14.1. The van der Waals surface area contributed by atoms with Crippen LogP contribution in [0.4, 0.5) is 13.2 Å². The number of allylic oxidation sites excluding steroid dienone is 3. The summed E-state index contributed by atoms with van der Waals surface area (Å²) in [5.74, 6) is 4.69. The lowest BCUT2D eigenvalue weighted by atomic mass is 9.62. The molecule has 6 aromatic carbocycles. The first-order valence-corrected chi connectivity index (χ1v) is 53.3. The summed E-state index contributed by atoms with van der Waals surface area (Å²) in [5, 5.41) is 2.51. The summed E-state index contributed by atoms with van der Waals surface area (Å²) in [7, 11) is 9.63. The molecular weight excluding hydrogens is 1910 g/mol. The molecule has 5 aromatic heterocycles. The van der Waals surface area contributed by atoms with E-state index in [1.165, 1.54) is 91.4 Å². The lowest BCUT2D eigenvalue weighted by Crippen LogP contribution is -2.43. The molecule has 7 aliphatic rings. The van der Waals surface area contributed by atoms with E-state index in [9.17, 15) is 32.3 Å². The number of methoxy groups -OCH3 is 6. The summed E-state index contributed by atoms with van der Waals surface area (Å²) >= 11 is 6.04. The van der Waals surface area contributed by atoms with Crippen molar-refractivity contribution < 1.29 is 65.3 Å². The van der Waals surface area contributed by atoms with Crippen molar-refractivity contribution in [1.29, 1.82) is 0 Å². The second kappa shape index (κ2) is 48.9. The predicted octanol–water partition coefficient (Wildman–Crippen LogP) is 22.7. The molecule has 2 spiro atoms. The van der Waals surface area contributed by atoms with Crippen LogP contribution in [0, 0.1) is 0 Å². The first-order valence-electron chi connectivity index (χ1n) is 49.3. The molecule has 0 saturated heterocycles. The van der Waals surface area contributed by atoms with Gasteiger partial charge in [0.05, 0.1) is 106 Å². The predicted molar refractivity (Wildman–Crippen MR) is 567 cm³/mol. The zero-order valence-electron chi connectivity index (χ0n) is 85.2. The quantitative estimate of drug-likeness (QED) is 0.0122. The highest BCUT2D eigenvalue weighted by atomic mass is 32.2. The van der Waals surface area contributed by atoms with Crippen molar-refractivity contribution in [2.45, 2.75) is 231 Å². The molecule has 0 amide bonds. The molecule has 7 aliphatic carbocycles. The number of halogens is 3. The Labute approximate surface area is 859 Å². The van der Waals surface area contributed by atoms with Crippen LogP contribution >= 0.6 is 47.0 Å². The van der Waals surface area contributed by atoms with Crippen LogP contribution in [0.1, 0.15) is 191 Å². The summed E-state index contributed by atoms with van der Waals surface area (Å²) in [4.78, 5) is 86.6. The van der Waals surface area contributed by atoms with E-state index in [4.69, 9.17) is 72.3 Å². The van der Waals surface area contributed by atoms with E-state index < -0.39 is 23.6 Å². The highest BCUT2D eigenvalue weighted by Crippen LogP contribution is 2.54. The largest absolute Gasteiger partial charge is 0.497 e. The first kappa shape index (κ1) is 109. The smallest absolute Gasteiger partial charge is 0.422 e. The molecule has 0 radical (unpaired) electrons. The Morgan fingerprint density at radius 3 is 1.42 bits per heavy atom. The van der Waals surface area contributed by atoms with Gasteiger partial charge in [0, 0.05) is 130 Å². The molecule has 11 aromatic rings. The minimum absolute atomic E-state index is 0.00625. The third kappa shape index (κ3) is 24.7. The van der Waals surface area contributed by atoms with Gasteiger partial charge >= 0.3 is 12.1 Å². The molecule has 24 nitrogen and oxygen atoms in total. The monoisotopic (exact) mass is 2040 g/mol. The lowest BCUT2D eigenvalue weighted by Gasteiger charge is -2.42. The van der Waals surface area contributed by atoms with Crippen molar-refractivity contribution in [1.82, 2.24) is 48.6 Å². The van der Waals surface area contributed by atoms with Crippen LogP contribution in [0.2, 0.25) is 0 Å². The number of thioether (sulfide) groups is 4. The van der Waals surface area contributed by atoms with Crippen LogP contribution in [0.15, 0.2) is 206 Å². The molecule has 0 bridgehead atoms. The normalized spacial score (nSPS) is 15.4. The molecular formula is C113H133F3N10O14S4. The van der Waals surface area contributed by atoms with E-state index in [0.717, 1.165) is 134 Å². The van der Waals surface area contributed by atoms with Gasteiger partial charge in [0.15, 0.2) is 27.2 Å². The van der Waals surface area contributed by atoms with Gasteiger partial charge in [-0.1, -0.05) is 249 Å². The Hall–Kier alpha value is -11.2. The van der Waals surface area contributed by atoms with Crippen LogP contribution < -0.4 is 40.4 Å². The van der Waals surface area contributed by atoms with Gasteiger partial charge in [-0.2, -0.15) is 28.1 Å². The van der Waals surface area contributed by atoms with Crippen LogP contribution in [0.25, 0.3) is 56.3 Å². The average Bonchev–Trinajstić information content (AvgIpc) is 0.710. The molecule has 0 unspecified atom stereocenters. The SMILES string of the molecule is C=CCn1c(OCC)nc2c(c1=O)C1(CCCCC1)Cc1ccccc1-2.C=CCn1c(SCCOC)nc2c(c1=O)C(C)(C)Cc1cc(C(=O)OC)ccc1-2.C=CCn1c(SCc2cccc(OC)c2)nc2c(c1=O)C1(CCCCC1)Cc1ccccc1-2.CCSc1nc(OCC(F)(F)F)c2c(n1)-c1cc(OC)ccc1CC2(C)C.COCCOCCOc1nc(SCCOC)nc2c1C(C)(C)Cc1ccccc1-2. The second-order valence-corrected chi connectivity index (χ2v) is 43.0. The van der Waals surface area contributed by atoms with Gasteiger partial charge < -0.3 is 47.4 Å². The summed E-state index contributed by atoms with van der Waals surface area (Å²) in [5.41, 5.74) is 19.9. The average molecular weight is 2040 g/mol. The highest BCUT2D eigenvalue weighted by molar-refractivity contribution is 7.99. The molecule has 764 valence electrons. The van der Waals surface area contributed by atoms with E-state index in [0.29, 0.717) is 157 Å². The van der Waals surface area contributed by atoms with Crippen molar-refractivity contribution in [3.8, 4) is 85.6 Å². The topological polar surface area (TPSA) is 266 Å². The molecule has 5 heterocycles. The number of fused-ring (bicyclic) bond motifs is 17. The number of benzene rings is 6. The lowest BCUT2D eigenvalue weighted by molar-refractivity contribution is -0.154. The number of rotatable bonds is 33. The van der Waals surface area contributed by atoms with Crippen LogP contribution in [-0.2, 0) is 108 Å². The molecule has 144 heavy (non-hydrogen) atoms. The van der Waals surface area contributed by atoms with Gasteiger partial charge in [-0.3, -0.25) is 28.1 Å². The minimum Gasteiger partial charge on any atom is -0.497 e. The molecule has 18 rings (SSSR count). The number of esters is 1. The number of aromatic nitrogens is 10. The molecule has 2 fully saturated rings. The van der Waals surface area contributed by atoms with Crippen molar-refractivity contribution in [3.05, 3.63) is 269 Å². The zero-order valence-corrected chi connectivity index (χ0v) is 88.5. The number of carbonyl (C=O) groups excluding carboxylic acids is 1. The van der Waals surface area contributed by atoms with E-state index in [1.807, 2.05) is 101 Å². The number of hydrogen-bond acceptors (Lipinski definition) is 25. The van der Waals surface area contributed by atoms with Gasteiger partial charge in [-0.25, -0.2) is 24.7 Å². The van der Waals surface area contributed by atoms with Crippen molar-refractivity contribution in [2.24, 2.45) is 0 Å². The molecule has 0 atom stereocenters. The van der Waals surface area contributed by atoms with Gasteiger partial charge in [-0.05, 0) is 140 Å². The number of hydrogen-bond donors (Lipinski definition) is 0. The number of ether oxygens (including phenoxy) is 10. The highest BCUT2D eigenvalue weighted by Gasteiger charge is 2.47. The first-order chi connectivity index (χ1) is 69.4. The van der Waals surface area contributed by atoms with Crippen LogP contribution in [0.3, 0.4) is 0 Å². The third-order valence-electron chi connectivity index (χ3n) is 27.2. The molecule has 0 N–H and O–H groups in total. The Morgan fingerprint density at radius 2 is 0.882 bits per heavy atom. The fraction of sp³-hybridized carbons (Fsp3) is 0.442. The van der Waals surface area contributed by atoms with Gasteiger partial charge in [0.25, 0.3) is 22.7 Å². The molecule has 2 saturated carbocycles. The number of alkyl halides is 3. The molecule has 31 heteroatoms. The summed E-state index contributed by atoms with van der Waals surface area (Å²) < 4.78 is 96.9. The van der Waals surface area contributed by atoms with Crippen molar-refractivity contribution in [3.63, 3.8) is 0 Å². The van der Waals surface area contributed by atoms with E-state index in [2.05, 4.69) is 116 Å². The number of nitrogens with zero attached hydrogens (tertiary/aromatic N) is 10. The third-order valence-corrected chi connectivity index (χ3v) is 30.8. The Balaban J connectivity index is 0.000000143. The Kier molecular flexibility index (Phi) is 36.9. The van der Waals surface area contributed by atoms with E-state index >= 15 is 0 Å². The Bertz CT molecular complexity index is 6630. The minimum atomic E-state index is -4.43. The fourth-order valence-electron chi connectivity index (χ4n) is 20.8. The summed E-state index contributed by atoms with van der Waals surface area (Å²) in [6.07, 6.45) is 16.4.